The zero-order chi connectivity index (χ0) is 8.91. The lowest BCUT2D eigenvalue weighted by molar-refractivity contribution is -0.0635. The number of hydrogen-bond acceptors (Lipinski definition) is 2. The van der Waals surface area contributed by atoms with Gasteiger partial charge in [-0.2, -0.15) is 0 Å². The Labute approximate surface area is 70.3 Å². The number of likely N-dealkylation sites (N-methyl/N-ethyl adjacent to an activating group) is 1. The van der Waals surface area contributed by atoms with Crippen LogP contribution < -0.4 is 5.32 Å². The van der Waals surface area contributed by atoms with Gasteiger partial charge in [0, 0.05) is 6.54 Å². The molecule has 0 fully saturated rings. The van der Waals surface area contributed by atoms with Gasteiger partial charge in [-0.05, 0) is 34.2 Å². The van der Waals surface area contributed by atoms with Crippen LogP contribution in [-0.2, 0) is 4.74 Å². The van der Waals surface area contributed by atoms with Crippen LogP contribution in [0.2, 0.25) is 0 Å². The van der Waals surface area contributed by atoms with E-state index in [0.29, 0.717) is 6.10 Å². The fourth-order valence-corrected chi connectivity index (χ4v) is 0.957. The Hall–Kier alpha value is -0.0800. The second-order valence-electron chi connectivity index (χ2n) is 3.60. The number of hydrogen-bond donors (Lipinski definition) is 1. The van der Waals surface area contributed by atoms with Gasteiger partial charge >= 0.3 is 0 Å². The van der Waals surface area contributed by atoms with Gasteiger partial charge in [-0.15, -0.1) is 0 Å². The third kappa shape index (κ3) is 5.22. The zero-order valence-corrected chi connectivity index (χ0v) is 8.40. The molecule has 0 bridgehead atoms. The first-order valence-electron chi connectivity index (χ1n) is 4.34. The minimum Gasteiger partial charge on any atom is -0.371 e. The van der Waals surface area contributed by atoms with Crippen LogP contribution >= 0.6 is 0 Å². The molecule has 0 spiro atoms. The van der Waals surface area contributed by atoms with Crippen molar-refractivity contribution in [3.8, 4) is 0 Å². The lowest BCUT2D eigenvalue weighted by Crippen LogP contribution is -2.33. The maximum atomic E-state index is 5.76. The van der Waals surface area contributed by atoms with Gasteiger partial charge in [0.05, 0.1) is 11.7 Å². The van der Waals surface area contributed by atoms with E-state index in [1.165, 1.54) is 0 Å². The van der Waals surface area contributed by atoms with Crippen LogP contribution in [0.15, 0.2) is 0 Å². The molecule has 0 aliphatic heterocycles. The monoisotopic (exact) mass is 159 g/mol. The number of nitrogens with one attached hydrogen (secondary N) is 1. The molecule has 1 unspecified atom stereocenters. The van der Waals surface area contributed by atoms with Crippen LogP contribution in [0.5, 0.6) is 0 Å². The highest BCUT2D eigenvalue weighted by atomic mass is 16.5. The van der Waals surface area contributed by atoms with Gasteiger partial charge in [0.25, 0.3) is 0 Å². The fourth-order valence-electron chi connectivity index (χ4n) is 0.957. The van der Waals surface area contributed by atoms with E-state index in [4.69, 9.17) is 4.74 Å². The highest BCUT2D eigenvalue weighted by Crippen LogP contribution is 2.15. The molecule has 2 heteroatoms. The van der Waals surface area contributed by atoms with E-state index in [-0.39, 0.29) is 5.60 Å². The average Bonchev–Trinajstić information content (AvgIpc) is 1.87. The number of ether oxygens (including phenoxy) is 1. The van der Waals surface area contributed by atoms with Gasteiger partial charge in [-0.25, -0.2) is 0 Å². The Balaban J connectivity index is 3.64. The highest BCUT2D eigenvalue weighted by Gasteiger charge is 2.18. The molecule has 0 saturated carbocycles. The van der Waals surface area contributed by atoms with Crippen molar-refractivity contribution < 1.29 is 4.74 Å². The quantitative estimate of drug-likeness (QED) is 0.660. The predicted molar refractivity (Wildman–Crippen MR) is 48.8 cm³/mol. The van der Waals surface area contributed by atoms with Gasteiger partial charge in [0.1, 0.15) is 0 Å². The largest absolute Gasteiger partial charge is 0.371 e. The lowest BCUT2D eigenvalue weighted by atomic mass is 10.1. The predicted octanol–water partition coefficient (Wildman–Crippen LogP) is 1.80. The maximum absolute atomic E-state index is 5.76. The summed E-state index contributed by atoms with van der Waals surface area (Å²) in [5, 5.41) is 3.09. The Kier molecular flexibility index (Phi) is 4.69. The molecule has 0 aromatic carbocycles. The molecule has 0 aliphatic carbocycles. The van der Waals surface area contributed by atoms with E-state index in [0.717, 1.165) is 13.0 Å². The SMILES string of the molecule is CCC(C)(C)OC(C)CNC. The highest BCUT2D eigenvalue weighted by molar-refractivity contribution is 4.68. The van der Waals surface area contributed by atoms with Crippen molar-refractivity contribution in [3.63, 3.8) is 0 Å². The first-order chi connectivity index (χ1) is 5.02. The summed E-state index contributed by atoms with van der Waals surface area (Å²) in [5.74, 6) is 0. The molecule has 0 aromatic rings. The smallest absolute Gasteiger partial charge is 0.0678 e. The minimum absolute atomic E-state index is 0.0241. The molecule has 0 heterocycles. The van der Waals surface area contributed by atoms with Crippen molar-refractivity contribution >= 4 is 0 Å². The summed E-state index contributed by atoms with van der Waals surface area (Å²) >= 11 is 0. The average molecular weight is 159 g/mol. The molecule has 0 aliphatic rings. The molecular weight excluding hydrogens is 138 g/mol. The Bertz CT molecular complexity index is 102. The molecule has 0 amide bonds. The summed E-state index contributed by atoms with van der Waals surface area (Å²) in [7, 11) is 1.94. The van der Waals surface area contributed by atoms with Gasteiger partial charge in [0.15, 0.2) is 0 Å². The summed E-state index contributed by atoms with van der Waals surface area (Å²) in [6, 6.07) is 0. The Morgan fingerprint density at radius 1 is 1.45 bits per heavy atom. The van der Waals surface area contributed by atoms with Crippen LogP contribution in [0.25, 0.3) is 0 Å². The van der Waals surface area contributed by atoms with Crippen LogP contribution in [0.4, 0.5) is 0 Å². The van der Waals surface area contributed by atoms with Crippen molar-refractivity contribution in [3.05, 3.63) is 0 Å². The minimum atomic E-state index is 0.0241. The van der Waals surface area contributed by atoms with Crippen LogP contribution in [0, 0.1) is 0 Å². The van der Waals surface area contributed by atoms with E-state index >= 15 is 0 Å². The summed E-state index contributed by atoms with van der Waals surface area (Å²) in [4.78, 5) is 0. The molecule has 1 atom stereocenters. The van der Waals surface area contributed by atoms with Gasteiger partial charge in [-0.3, -0.25) is 0 Å². The van der Waals surface area contributed by atoms with Gasteiger partial charge in [0.2, 0.25) is 0 Å². The Morgan fingerprint density at radius 2 is 2.00 bits per heavy atom. The summed E-state index contributed by atoms with van der Waals surface area (Å²) < 4.78 is 5.76. The van der Waals surface area contributed by atoms with E-state index in [2.05, 4.69) is 33.0 Å². The molecule has 2 nitrogen and oxygen atoms in total. The first kappa shape index (κ1) is 10.9. The lowest BCUT2D eigenvalue weighted by Gasteiger charge is -2.27. The van der Waals surface area contributed by atoms with Crippen molar-refractivity contribution in [1.29, 1.82) is 0 Å². The third-order valence-electron chi connectivity index (χ3n) is 1.86. The van der Waals surface area contributed by atoms with Gasteiger partial charge < -0.3 is 10.1 Å². The number of rotatable bonds is 5. The fraction of sp³-hybridized carbons (Fsp3) is 1.00. The molecule has 0 radical (unpaired) electrons. The summed E-state index contributed by atoms with van der Waals surface area (Å²) in [5.41, 5.74) is 0.0241. The third-order valence-corrected chi connectivity index (χ3v) is 1.86. The molecule has 1 N–H and O–H groups in total. The topological polar surface area (TPSA) is 21.3 Å². The normalized spacial score (nSPS) is 15.0. The molecule has 0 rings (SSSR count). The molecule has 0 aromatic heterocycles. The molecule has 11 heavy (non-hydrogen) atoms. The van der Waals surface area contributed by atoms with Crippen molar-refractivity contribution in [2.75, 3.05) is 13.6 Å². The van der Waals surface area contributed by atoms with E-state index in [1.54, 1.807) is 0 Å². The Morgan fingerprint density at radius 3 is 2.36 bits per heavy atom. The van der Waals surface area contributed by atoms with Crippen LogP contribution in [-0.4, -0.2) is 25.3 Å². The van der Waals surface area contributed by atoms with Gasteiger partial charge in [-0.1, -0.05) is 6.92 Å². The van der Waals surface area contributed by atoms with E-state index in [9.17, 15) is 0 Å². The summed E-state index contributed by atoms with van der Waals surface area (Å²) in [6.07, 6.45) is 1.36. The maximum Gasteiger partial charge on any atom is 0.0678 e. The second kappa shape index (κ2) is 4.73. The zero-order valence-electron chi connectivity index (χ0n) is 8.40. The second-order valence-corrected chi connectivity index (χ2v) is 3.60. The van der Waals surface area contributed by atoms with Crippen molar-refractivity contribution in [2.24, 2.45) is 0 Å². The van der Waals surface area contributed by atoms with E-state index in [1.807, 2.05) is 7.05 Å². The van der Waals surface area contributed by atoms with E-state index < -0.39 is 0 Å². The first-order valence-corrected chi connectivity index (χ1v) is 4.34. The van der Waals surface area contributed by atoms with Crippen molar-refractivity contribution in [2.45, 2.75) is 45.8 Å². The standard InChI is InChI=1S/C9H21NO/c1-6-9(3,4)11-8(2)7-10-5/h8,10H,6-7H2,1-5H3. The summed E-state index contributed by atoms with van der Waals surface area (Å²) in [6.45, 7) is 9.40. The molecule has 68 valence electrons. The van der Waals surface area contributed by atoms with Crippen LogP contribution in [0.1, 0.15) is 34.1 Å². The van der Waals surface area contributed by atoms with Crippen LogP contribution in [0.3, 0.4) is 0 Å². The van der Waals surface area contributed by atoms with Crippen molar-refractivity contribution in [1.82, 2.24) is 5.32 Å². The molecular formula is C9H21NO. The molecule has 0 saturated heterocycles.